The molecule has 5 nitrogen and oxygen atoms in total. The van der Waals surface area contributed by atoms with Gasteiger partial charge in [0.2, 0.25) is 0 Å². The largest absolute Gasteiger partial charge is 0.375 e. The van der Waals surface area contributed by atoms with E-state index >= 15 is 0 Å². The molecule has 1 N–H and O–H groups in total. The van der Waals surface area contributed by atoms with E-state index in [1.165, 1.54) is 0 Å². The maximum atomic E-state index is 12.4. The standard InChI is InChI=1S/C18H22ClN3O2/c1-13(15-5-4-10-20-11-15)22(2)18(23)21-12-17(24-3)14-6-8-16(19)9-7-14/h4-11,13,17H,12H2,1-3H3,(H,21,23)/t13-,17-/m1/s1. The first-order valence-electron chi connectivity index (χ1n) is 7.71. The van der Waals surface area contributed by atoms with Gasteiger partial charge in [0.1, 0.15) is 0 Å². The summed E-state index contributed by atoms with van der Waals surface area (Å²) in [6.45, 7) is 2.34. The van der Waals surface area contributed by atoms with E-state index in [9.17, 15) is 4.79 Å². The molecule has 0 aliphatic carbocycles. The molecule has 0 fully saturated rings. The number of amides is 2. The molecule has 2 aromatic rings. The van der Waals surface area contributed by atoms with Crippen LogP contribution in [-0.2, 0) is 4.74 Å². The number of hydrogen-bond acceptors (Lipinski definition) is 3. The molecule has 0 saturated heterocycles. The molecule has 2 atom stereocenters. The molecule has 6 heteroatoms. The molecule has 1 aromatic heterocycles. The van der Waals surface area contributed by atoms with Crippen molar-refractivity contribution in [3.05, 3.63) is 64.9 Å². The number of nitrogens with one attached hydrogen (secondary N) is 1. The second-order valence-corrected chi connectivity index (χ2v) is 5.97. The van der Waals surface area contributed by atoms with E-state index in [0.29, 0.717) is 11.6 Å². The Morgan fingerprint density at radius 2 is 2.00 bits per heavy atom. The molecule has 1 aromatic carbocycles. The molecule has 2 amide bonds. The summed E-state index contributed by atoms with van der Waals surface area (Å²) in [6, 6.07) is 11.0. The average Bonchev–Trinajstić information content (AvgIpc) is 2.62. The van der Waals surface area contributed by atoms with E-state index in [1.807, 2.05) is 31.2 Å². The van der Waals surface area contributed by atoms with Gasteiger partial charge in [0.25, 0.3) is 0 Å². The van der Waals surface area contributed by atoms with E-state index in [4.69, 9.17) is 16.3 Å². The monoisotopic (exact) mass is 347 g/mol. The van der Waals surface area contributed by atoms with Crippen LogP contribution in [0.15, 0.2) is 48.8 Å². The van der Waals surface area contributed by atoms with Crippen LogP contribution >= 0.6 is 11.6 Å². The number of urea groups is 1. The lowest BCUT2D eigenvalue weighted by Crippen LogP contribution is -2.40. The number of halogens is 1. The molecule has 0 aliphatic heterocycles. The molecule has 0 saturated carbocycles. The smallest absolute Gasteiger partial charge is 0.317 e. The normalized spacial score (nSPS) is 13.2. The Kier molecular flexibility index (Phi) is 6.58. The third kappa shape index (κ3) is 4.69. The minimum Gasteiger partial charge on any atom is -0.375 e. The summed E-state index contributed by atoms with van der Waals surface area (Å²) in [7, 11) is 3.38. The van der Waals surface area contributed by atoms with Gasteiger partial charge < -0.3 is 15.0 Å². The van der Waals surface area contributed by atoms with Crippen molar-refractivity contribution in [2.45, 2.75) is 19.1 Å². The molecule has 24 heavy (non-hydrogen) atoms. The van der Waals surface area contributed by atoms with Crippen LogP contribution in [-0.4, -0.2) is 36.6 Å². The van der Waals surface area contributed by atoms with Crippen LogP contribution in [0.25, 0.3) is 0 Å². The van der Waals surface area contributed by atoms with Gasteiger partial charge in [-0.15, -0.1) is 0 Å². The van der Waals surface area contributed by atoms with E-state index in [-0.39, 0.29) is 18.2 Å². The zero-order valence-electron chi connectivity index (χ0n) is 14.1. The molecule has 0 spiro atoms. The Hall–Kier alpha value is -2.11. The predicted octanol–water partition coefficient (Wildman–Crippen LogP) is 3.83. The number of nitrogens with zero attached hydrogens (tertiary/aromatic N) is 2. The number of methoxy groups -OCH3 is 1. The Morgan fingerprint density at radius 3 is 2.58 bits per heavy atom. The van der Waals surface area contributed by atoms with E-state index in [0.717, 1.165) is 11.1 Å². The second-order valence-electron chi connectivity index (χ2n) is 5.54. The zero-order chi connectivity index (χ0) is 17.5. The fraction of sp³-hybridized carbons (Fsp3) is 0.333. The molecule has 128 valence electrons. The van der Waals surface area contributed by atoms with Crippen molar-refractivity contribution in [2.24, 2.45) is 0 Å². The van der Waals surface area contributed by atoms with Crippen molar-refractivity contribution in [3.8, 4) is 0 Å². The van der Waals surface area contributed by atoms with Gasteiger partial charge in [-0.25, -0.2) is 4.79 Å². The lowest BCUT2D eigenvalue weighted by molar-refractivity contribution is 0.101. The summed E-state index contributed by atoms with van der Waals surface area (Å²) < 4.78 is 5.47. The van der Waals surface area contributed by atoms with E-state index in [1.54, 1.807) is 43.6 Å². The first-order valence-corrected chi connectivity index (χ1v) is 8.09. The number of hydrogen-bond donors (Lipinski definition) is 1. The highest BCUT2D eigenvalue weighted by Crippen LogP contribution is 2.20. The van der Waals surface area contributed by atoms with Gasteiger partial charge in [0.15, 0.2) is 0 Å². The zero-order valence-corrected chi connectivity index (χ0v) is 14.8. The van der Waals surface area contributed by atoms with Gasteiger partial charge in [-0.1, -0.05) is 29.8 Å². The minimum atomic E-state index is -0.228. The fourth-order valence-electron chi connectivity index (χ4n) is 2.34. The number of carbonyl (C=O) groups is 1. The van der Waals surface area contributed by atoms with Crippen LogP contribution in [0.1, 0.15) is 30.2 Å². The number of pyridine rings is 1. The Labute approximate surface area is 147 Å². The van der Waals surface area contributed by atoms with Crippen LogP contribution in [0.2, 0.25) is 5.02 Å². The van der Waals surface area contributed by atoms with Crippen molar-refractivity contribution in [1.82, 2.24) is 15.2 Å². The van der Waals surface area contributed by atoms with Crippen molar-refractivity contribution in [3.63, 3.8) is 0 Å². The SMILES string of the molecule is CO[C@H](CNC(=O)N(C)[C@H](C)c1cccnc1)c1ccc(Cl)cc1. The minimum absolute atomic E-state index is 0.0739. The number of aromatic nitrogens is 1. The summed E-state index contributed by atoms with van der Waals surface area (Å²) in [5.41, 5.74) is 1.95. The van der Waals surface area contributed by atoms with Crippen molar-refractivity contribution >= 4 is 17.6 Å². The van der Waals surface area contributed by atoms with Crippen LogP contribution in [0.5, 0.6) is 0 Å². The van der Waals surface area contributed by atoms with E-state index < -0.39 is 0 Å². The molecule has 1 heterocycles. The first kappa shape index (κ1) is 18.2. The quantitative estimate of drug-likeness (QED) is 0.864. The van der Waals surface area contributed by atoms with Crippen LogP contribution in [0.3, 0.4) is 0 Å². The number of carbonyl (C=O) groups excluding carboxylic acids is 1. The lowest BCUT2D eigenvalue weighted by atomic mass is 10.1. The molecule has 0 bridgehead atoms. The number of rotatable bonds is 6. The molecular formula is C18H22ClN3O2. The fourth-order valence-corrected chi connectivity index (χ4v) is 2.47. The summed E-state index contributed by atoms with van der Waals surface area (Å²) in [5.74, 6) is 0. The highest BCUT2D eigenvalue weighted by molar-refractivity contribution is 6.30. The molecule has 2 rings (SSSR count). The van der Waals surface area contributed by atoms with Crippen molar-refractivity contribution in [2.75, 3.05) is 20.7 Å². The van der Waals surface area contributed by atoms with Gasteiger partial charge in [0.05, 0.1) is 12.1 Å². The first-order chi connectivity index (χ1) is 11.5. The highest BCUT2D eigenvalue weighted by atomic mass is 35.5. The molecule has 0 unspecified atom stereocenters. The van der Waals surface area contributed by atoms with Gasteiger partial charge >= 0.3 is 6.03 Å². The van der Waals surface area contributed by atoms with Gasteiger partial charge in [-0.2, -0.15) is 0 Å². The van der Waals surface area contributed by atoms with Crippen LogP contribution in [0.4, 0.5) is 4.79 Å². The Morgan fingerprint density at radius 1 is 1.29 bits per heavy atom. The summed E-state index contributed by atoms with van der Waals surface area (Å²) in [4.78, 5) is 18.1. The summed E-state index contributed by atoms with van der Waals surface area (Å²) in [5, 5.41) is 3.57. The average molecular weight is 348 g/mol. The maximum Gasteiger partial charge on any atom is 0.317 e. The van der Waals surface area contributed by atoms with E-state index in [2.05, 4.69) is 10.3 Å². The third-order valence-corrected chi connectivity index (χ3v) is 4.29. The summed E-state index contributed by atoms with van der Waals surface area (Å²) >= 11 is 5.90. The van der Waals surface area contributed by atoms with Crippen molar-refractivity contribution < 1.29 is 9.53 Å². The van der Waals surface area contributed by atoms with Crippen LogP contribution < -0.4 is 5.32 Å². The van der Waals surface area contributed by atoms with Gasteiger partial charge in [0, 0.05) is 38.1 Å². The predicted molar refractivity (Wildman–Crippen MR) is 95.0 cm³/mol. The van der Waals surface area contributed by atoms with Crippen LogP contribution in [0, 0.1) is 0 Å². The molecule has 0 aliphatic rings. The van der Waals surface area contributed by atoms with Gasteiger partial charge in [-0.3, -0.25) is 4.98 Å². The summed E-state index contributed by atoms with van der Waals surface area (Å²) in [6.07, 6.45) is 3.25. The molecule has 0 radical (unpaired) electrons. The third-order valence-electron chi connectivity index (χ3n) is 4.03. The van der Waals surface area contributed by atoms with Gasteiger partial charge in [-0.05, 0) is 36.2 Å². The topological polar surface area (TPSA) is 54.5 Å². The maximum absolute atomic E-state index is 12.4. The van der Waals surface area contributed by atoms with Crippen molar-refractivity contribution in [1.29, 1.82) is 0 Å². The number of ether oxygens (including phenoxy) is 1. The Balaban J connectivity index is 1.94. The number of benzene rings is 1. The lowest BCUT2D eigenvalue weighted by Gasteiger charge is -2.26. The Bertz CT molecular complexity index is 649. The highest BCUT2D eigenvalue weighted by Gasteiger charge is 2.19. The molecular weight excluding hydrogens is 326 g/mol. The second kappa shape index (κ2) is 8.66.